The van der Waals surface area contributed by atoms with Crippen LogP contribution in [0.3, 0.4) is 0 Å². The van der Waals surface area contributed by atoms with Crippen molar-refractivity contribution in [3.8, 4) is 11.5 Å². The van der Waals surface area contributed by atoms with E-state index in [1.165, 1.54) is 0 Å². The number of amides is 1. The first-order valence-corrected chi connectivity index (χ1v) is 10.9. The molecule has 1 N–H and O–H groups in total. The van der Waals surface area contributed by atoms with E-state index in [0.29, 0.717) is 41.7 Å². The van der Waals surface area contributed by atoms with Gasteiger partial charge in [-0.2, -0.15) is 8.42 Å². The number of anilines is 1. The number of likely N-dealkylation sites (tertiary alicyclic amines) is 1. The predicted octanol–water partition coefficient (Wildman–Crippen LogP) is 2.21. The van der Waals surface area contributed by atoms with Crippen LogP contribution < -0.4 is 14.8 Å². The third kappa shape index (κ3) is 3.21. The van der Waals surface area contributed by atoms with Crippen LogP contribution in [0, 0.1) is 5.92 Å². The number of piperidine rings is 1. The molecule has 0 bridgehead atoms. The van der Waals surface area contributed by atoms with E-state index < -0.39 is 10.0 Å². The van der Waals surface area contributed by atoms with Crippen LogP contribution >= 0.6 is 0 Å². The Morgan fingerprint density at radius 1 is 1.14 bits per heavy atom. The first-order valence-electron chi connectivity index (χ1n) is 9.41. The van der Waals surface area contributed by atoms with Gasteiger partial charge in [0.2, 0.25) is 12.7 Å². The van der Waals surface area contributed by atoms with Gasteiger partial charge in [-0.25, -0.2) is 0 Å². The molecule has 0 aromatic heterocycles. The number of benzene rings is 2. The molecule has 3 aliphatic heterocycles. The zero-order valence-corrected chi connectivity index (χ0v) is 16.3. The second-order valence-electron chi connectivity index (χ2n) is 7.23. The largest absolute Gasteiger partial charge is 0.454 e. The van der Waals surface area contributed by atoms with Gasteiger partial charge in [0, 0.05) is 30.4 Å². The van der Waals surface area contributed by atoms with E-state index in [9.17, 15) is 13.2 Å². The first kappa shape index (κ1) is 18.0. The second-order valence-corrected chi connectivity index (χ2v) is 8.80. The molecular formula is C20H19N3O5S. The van der Waals surface area contributed by atoms with Gasteiger partial charge >= 0.3 is 0 Å². The Bertz CT molecular complexity index is 1130. The van der Waals surface area contributed by atoms with Gasteiger partial charge in [-0.15, -0.1) is 4.40 Å². The second kappa shape index (κ2) is 6.77. The number of amidine groups is 1. The van der Waals surface area contributed by atoms with Crippen molar-refractivity contribution in [2.45, 2.75) is 17.7 Å². The summed E-state index contributed by atoms with van der Waals surface area (Å²) in [5, 5.41) is 2.93. The van der Waals surface area contributed by atoms with Crippen molar-refractivity contribution in [1.82, 2.24) is 4.90 Å². The van der Waals surface area contributed by atoms with E-state index >= 15 is 0 Å². The van der Waals surface area contributed by atoms with Gasteiger partial charge < -0.3 is 19.7 Å². The molecule has 1 amide bonds. The van der Waals surface area contributed by atoms with E-state index in [0.717, 1.165) is 12.8 Å². The van der Waals surface area contributed by atoms with Crippen LogP contribution in [0.15, 0.2) is 51.8 Å². The highest BCUT2D eigenvalue weighted by molar-refractivity contribution is 7.90. The standard InChI is InChI=1S/C20H19N3O5S/c24-20(21-14-7-8-16-17(10-14)28-12-27-16)13-4-3-9-23(11-13)19-15-5-1-2-6-18(15)29(25,26)22-19/h1-2,5-8,10,13H,3-4,9,11-12H2,(H,21,24)/t13-/m1/s1. The summed E-state index contributed by atoms with van der Waals surface area (Å²) >= 11 is 0. The molecule has 5 rings (SSSR count). The Balaban J connectivity index is 1.33. The fraction of sp³-hybridized carbons (Fsp3) is 0.300. The van der Waals surface area contributed by atoms with Crippen LogP contribution in [0.4, 0.5) is 5.69 Å². The Morgan fingerprint density at radius 2 is 1.97 bits per heavy atom. The average Bonchev–Trinajstić information content (AvgIpc) is 3.30. The molecule has 2 aromatic rings. The minimum absolute atomic E-state index is 0.108. The van der Waals surface area contributed by atoms with Crippen molar-refractivity contribution in [3.05, 3.63) is 48.0 Å². The van der Waals surface area contributed by atoms with Crippen LogP contribution in [-0.2, 0) is 14.8 Å². The van der Waals surface area contributed by atoms with Gasteiger partial charge in [0.1, 0.15) is 4.90 Å². The number of fused-ring (bicyclic) bond motifs is 2. The molecule has 1 fully saturated rings. The molecule has 3 heterocycles. The van der Waals surface area contributed by atoms with Crippen molar-refractivity contribution in [1.29, 1.82) is 0 Å². The summed E-state index contributed by atoms with van der Waals surface area (Å²) in [7, 11) is -3.68. The number of carbonyl (C=O) groups excluding carboxylic acids is 1. The lowest BCUT2D eigenvalue weighted by Gasteiger charge is -2.33. The highest BCUT2D eigenvalue weighted by Gasteiger charge is 2.35. The maximum absolute atomic E-state index is 12.8. The van der Waals surface area contributed by atoms with Crippen LogP contribution in [0.25, 0.3) is 0 Å². The molecule has 1 atom stereocenters. The molecule has 1 saturated heterocycles. The topological polar surface area (TPSA) is 97.3 Å². The number of carbonyl (C=O) groups is 1. The van der Waals surface area contributed by atoms with Crippen molar-refractivity contribution < 1.29 is 22.7 Å². The van der Waals surface area contributed by atoms with Crippen molar-refractivity contribution >= 4 is 27.5 Å². The van der Waals surface area contributed by atoms with E-state index in [-0.39, 0.29) is 23.5 Å². The minimum Gasteiger partial charge on any atom is -0.454 e. The van der Waals surface area contributed by atoms with Crippen LogP contribution in [0.5, 0.6) is 11.5 Å². The summed E-state index contributed by atoms with van der Waals surface area (Å²) in [6.07, 6.45) is 1.51. The lowest BCUT2D eigenvalue weighted by molar-refractivity contribution is -0.121. The zero-order valence-electron chi connectivity index (χ0n) is 15.5. The molecule has 29 heavy (non-hydrogen) atoms. The van der Waals surface area contributed by atoms with Gasteiger partial charge in [0.15, 0.2) is 17.3 Å². The van der Waals surface area contributed by atoms with E-state index in [1.807, 2.05) is 4.90 Å². The summed E-state index contributed by atoms with van der Waals surface area (Å²) in [6.45, 7) is 1.26. The summed E-state index contributed by atoms with van der Waals surface area (Å²) < 4.78 is 39.3. The van der Waals surface area contributed by atoms with Crippen LogP contribution in [0.1, 0.15) is 18.4 Å². The van der Waals surface area contributed by atoms with Crippen molar-refractivity contribution in [3.63, 3.8) is 0 Å². The fourth-order valence-electron chi connectivity index (χ4n) is 3.92. The highest BCUT2D eigenvalue weighted by Crippen LogP contribution is 2.35. The Labute approximate surface area is 168 Å². The maximum Gasteiger partial charge on any atom is 0.285 e. The monoisotopic (exact) mass is 413 g/mol. The van der Waals surface area contributed by atoms with E-state index in [2.05, 4.69) is 9.71 Å². The number of nitrogens with zero attached hydrogens (tertiary/aromatic N) is 2. The van der Waals surface area contributed by atoms with Gasteiger partial charge in [-0.3, -0.25) is 4.79 Å². The SMILES string of the molecule is O=C(Nc1ccc2c(c1)OCO2)[C@@H]1CCCN(C2=NS(=O)(=O)c3ccccc32)C1. The third-order valence-corrected chi connectivity index (χ3v) is 6.67. The fourth-order valence-corrected chi connectivity index (χ4v) is 5.15. The quantitative estimate of drug-likeness (QED) is 0.811. The molecule has 3 aliphatic rings. The minimum atomic E-state index is -3.68. The summed E-state index contributed by atoms with van der Waals surface area (Å²) in [5.74, 6) is 1.32. The number of hydrogen-bond acceptors (Lipinski definition) is 6. The normalized spacial score (nSPS) is 21.4. The van der Waals surface area contributed by atoms with Crippen molar-refractivity contribution in [2.24, 2.45) is 10.3 Å². The Morgan fingerprint density at radius 3 is 2.86 bits per heavy atom. The number of ether oxygens (including phenoxy) is 2. The molecule has 150 valence electrons. The molecule has 2 aromatic carbocycles. The first-order chi connectivity index (χ1) is 14.0. The van der Waals surface area contributed by atoms with Crippen LogP contribution in [-0.4, -0.2) is 44.9 Å². The smallest absolute Gasteiger partial charge is 0.285 e. The molecule has 0 aliphatic carbocycles. The molecule has 0 saturated carbocycles. The lowest BCUT2D eigenvalue weighted by atomic mass is 9.96. The average molecular weight is 413 g/mol. The molecule has 0 unspecified atom stereocenters. The Hall–Kier alpha value is -3.07. The number of hydrogen-bond donors (Lipinski definition) is 1. The summed E-state index contributed by atoms with van der Waals surface area (Å²) in [4.78, 5) is 15.0. The molecule has 0 radical (unpaired) electrons. The molecule has 8 nitrogen and oxygen atoms in total. The van der Waals surface area contributed by atoms with Crippen molar-refractivity contribution in [2.75, 3.05) is 25.2 Å². The Kier molecular flexibility index (Phi) is 4.20. The van der Waals surface area contributed by atoms with E-state index in [4.69, 9.17) is 9.47 Å². The van der Waals surface area contributed by atoms with Gasteiger partial charge in [-0.1, -0.05) is 12.1 Å². The predicted molar refractivity (Wildman–Crippen MR) is 106 cm³/mol. The van der Waals surface area contributed by atoms with Gasteiger partial charge in [0.05, 0.1) is 5.92 Å². The summed E-state index contributed by atoms with van der Waals surface area (Å²) in [6, 6.07) is 12.1. The van der Waals surface area contributed by atoms with E-state index in [1.54, 1.807) is 42.5 Å². The molecule has 0 spiro atoms. The molecule has 9 heteroatoms. The highest BCUT2D eigenvalue weighted by atomic mass is 32.2. The third-order valence-electron chi connectivity index (χ3n) is 5.34. The number of rotatable bonds is 2. The molecular weight excluding hydrogens is 394 g/mol. The zero-order chi connectivity index (χ0) is 20.0. The maximum atomic E-state index is 12.8. The number of nitrogens with one attached hydrogen (secondary N) is 1. The lowest BCUT2D eigenvalue weighted by Crippen LogP contribution is -2.43. The summed E-state index contributed by atoms with van der Waals surface area (Å²) in [5.41, 5.74) is 1.24. The van der Waals surface area contributed by atoms with Gasteiger partial charge in [0.25, 0.3) is 10.0 Å². The van der Waals surface area contributed by atoms with Crippen LogP contribution in [0.2, 0.25) is 0 Å². The van der Waals surface area contributed by atoms with Gasteiger partial charge in [-0.05, 0) is 37.1 Å². The number of sulfonamides is 1.